The average Bonchev–Trinajstić information content (AvgIpc) is 2.61. The molecule has 0 radical (unpaired) electrons. The molecule has 2 amide bonds. The van der Waals surface area contributed by atoms with Gasteiger partial charge in [-0.25, -0.2) is 0 Å². The van der Waals surface area contributed by atoms with Gasteiger partial charge in [-0.1, -0.05) is 6.92 Å². The predicted molar refractivity (Wildman–Crippen MR) is 64.5 cm³/mol. The Hall–Kier alpha value is -1.10. The van der Waals surface area contributed by atoms with Crippen LogP contribution in [0.2, 0.25) is 0 Å². The SMILES string of the molecule is CCC(=O)N1CCCN(C(=O)C(C)OC)CC1. The Bertz CT molecular complexity index is 281. The molecule has 1 aliphatic rings. The smallest absolute Gasteiger partial charge is 0.251 e. The van der Waals surface area contributed by atoms with E-state index in [0.717, 1.165) is 13.0 Å². The third-order valence-corrected chi connectivity index (χ3v) is 3.16. The molecule has 0 aromatic rings. The molecule has 0 spiro atoms. The predicted octanol–water partition coefficient (Wildman–Crippen LogP) is 0.492. The number of methoxy groups -OCH3 is 1. The van der Waals surface area contributed by atoms with E-state index in [-0.39, 0.29) is 11.8 Å². The fourth-order valence-electron chi connectivity index (χ4n) is 1.97. The average molecular weight is 242 g/mol. The lowest BCUT2D eigenvalue weighted by molar-refractivity contribution is -0.141. The summed E-state index contributed by atoms with van der Waals surface area (Å²) < 4.78 is 5.03. The van der Waals surface area contributed by atoms with Gasteiger partial charge in [-0.3, -0.25) is 9.59 Å². The zero-order chi connectivity index (χ0) is 12.8. The molecule has 5 heteroatoms. The summed E-state index contributed by atoms with van der Waals surface area (Å²) in [6, 6.07) is 0. The number of hydrogen-bond donors (Lipinski definition) is 0. The fraction of sp³-hybridized carbons (Fsp3) is 0.833. The fourth-order valence-corrected chi connectivity index (χ4v) is 1.97. The Kier molecular flexibility index (Phi) is 5.41. The Morgan fingerprint density at radius 3 is 2.35 bits per heavy atom. The van der Waals surface area contributed by atoms with Crippen molar-refractivity contribution in [3.8, 4) is 0 Å². The van der Waals surface area contributed by atoms with E-state index in [0.29, 0.717) is 26.1 Å². The van der Waals surface area contributed by atoms with Crippen LogP contribution in [0.25, 0.3) is 0 Å². The summed E-state index contributed by atoms with van der Waals surface area (Å²) in [6.45, 7) is 6.32. The number of carbonyl (C=O) groups is 2. The first-order chi connectivity index (χ1) is 8.10. The molecule has 0 aromatic heterocycles. The van der Waals surface area contributed by atoms with Crippen molar-refractivity contribution in [1.82, 2.24) is 9.80 Å². The standard InChI is InChI=1S/C12H22N2O3/c1-4-11(15)13-6-5-7-14(9-8-13)12(16)10(2)17-3/h10H,4-9H2,1-3H3. The molecule has 0 aliphatic carbocycles. The number of hydrogen-bond acceptors (Lipinski definition) is 3. The molecule has 0 N–H and O–H groups in total. The van der Waals surface area contributed by atoms with Crippen molar-refractivity contribution in [1.29, 1.82) is 0 Å². The Balaban J connectivity index is 2.53. The van der Waals surface area contributed by atoms with E-state index in [9.17, 15) is 9.59 Å². The third kappa shape index (κ3) is 3.70. The van der Waals surface area contributed by atoms with Gasteiger partial charge in [0.05, 0.1) is 0 Å². The van der Waals surface area contributed by atoms with Gasteiger partial charge >= 0.3 is 0 Å². The first-order valence-corrected chi connectivity index (χ1v) is 6.19. The van der Waals surface area contributed by atoms with Gasteiger partial charge < -0.3 is 14.5 Å². The number of amides is 2. The highest BCUT2D eigenvalue weighted by molar-refractivity contribution is 5.81. The van der Waals surface area contributed by atoms with Gasteiger partial charge in [0.2, 0.25) is 5.91 Å². The van der Waals surface area contributed by atoms with Crippen molar-refractivity contribution in [2.75, 3.05) is 33.3 Å². The van der Waals surface area contributed by atoms with Crippen molar-refractivity contribution in [3.63, 3.8) is 0 Å². The lowest BCUT2D eigenvalue weighted by Gasteiger charge is -2.24. The molecule has 1 aliphatic heterocycles. The van der Waals surface area contributed by atoms with Crippen molar-refractivity contribution in [3.05, 3.63) is 0 Å². The molecule has 1 rings (SSSR count). The monoisotopic (exact) mass is 242 g/mol. The van der Waals surface area contributed by atoms with Crippen molar-refractivity contribution < 1.29 is 14.3 Å². The molecule has 0 saturated carbocycles. The van der Waals surface area contributed by atoms with Gasteiger partial charge in [0.1, 0.15) is 6.10 Å². The zero-order valence-electron chi connectivity index (χ0n) is 10.9. The Morgan fingerprint density at radius 1 is 1.18 bits per heavy atom. The minimum atomic E-state index is -0.400. The van der Waals surface area contributed by atoms with E-state index in [1.807, 2.05) is 11.8 Å². The van der Waals surface area contributed by atoms with Gasteiger partial charge in [-0.05, 0) is 13.3 Å². The van der Waals surface area contributed by atoms with Crippen molar-refractivity contribution in [2.45, 2.75) is 32.8 Å². The third-order valence-electron chi connectivity index (χ3n) is 3.16. The summed E-state index contributed by atoms with van der Waals surface area (Å²) in [6.07, 6.45) is 0.972. The van der Waals surface area contributed by atoms with Crippen molar-refractivity contribution in [2.24, 2.45) is 0 Å². The van der Waals surface area contributed by atoms with Crippen LogP contribution in [-0.2, 0) is 14.3 Å². The summed E-state index contributed by atoms with van der Waals surface area (Å²) in [5.74, 6) is 0.178. The number of nitrogens with zero attached hydrogens (tertiary/aromatic N) is 2. The molecule has 5 nitrogen and oxygen atoms in total. The molecule has 17 heavy (non-hydrogen) atoms. The topological polar surface area (TPSA) is 49.9 Å². The Morgan fingerprint density at radius 2 is 1.76 bits per heavy atom. The molecular formula is C12H22N2O3. The van der Waals surface area contributed by atoms with Gasteiger partial charge in [0.25, 0.3) is 5.91 Å². The first kappa shape index (κ1) is 14.0. The molecular weight excluding hydrogens is 220 g/mol. The van der Waals surface area contributed by atoms with Crippen LogP contribution in [-0.4, -0.2) is 61.0 Å². The van der Waals surface area contributed by atoms with Gasteiger partial charge in [0.15, 0.2) is 0 Å². The largest absolute Gasteiger partial charge is 0.372 e. The second-order valence-corrected chi connectivity index (χ2v) is 4.29. The summed E-state index contributed by atoms with van der Waals surface area (Å²) >= 11 is 0. The van der Waals surface area contributed by atoms with Crippen LogP contribution < -0.4 is 0 Å². The summed E-state index contributed by atoms with van der Waals surface area (Å²) in [4.78, 5) is 27.1. The highest BCUT2D eigenvalue weighted by Gasteiger charge is 2.24. The van der Waals surface area contributed by atoms with E-state index in [2.05, 4.69) is 0 Å². The van der Waals surface area contributed by atoms with Crippen LogP contribution in [0.4, 0.5) is 0 Å². The van der Waals surface area contributed by atoms with Gasteiger partial charge in [0, 0.05) is 39.7 Å². The normalized spacial score (nSPS) is 18.8. The molecule has 1 heterocycles. The van der Waals surface area contributed by atoms with E-state index in [1.54, 1.807) is 11.8 Å². The maximum atomic E-state index is 11.9. The highest BCUT2D eigenvalue weighted by atomic mass is 16.5. The van der Waals surface area contributed by atoms with E-state index in [1.165, 1.54) is 7.11 Å². The van der Waals surface area contributed by atoms with E-state index < -0.39 is 6.10 Å². The molecule has 1 atom stereocenters. The summed E-state index contributed by atoms with van der Waals surface area (Å²) in [7, 11) is 1.54. The molecule has 1 fully saturated rings. The zero-order valence-corrected chi connectivity index (χ0v) is 10.9. The molecule has 98 valence electrons. The van der Waals surface area contributed by atoms with Crippen LogP contribution >= 0.6 is 0 Å². The lowest BCUT2D eigenvalue weighted by Crippen LogP contribution is -2.41. The van der Waals surface area contributed by atoms with Crippen LogP contribution in [0.3, 0.4) is 0 Å². The number of ether oxygens (including phenoxy) is 1. The van der Waals surface area contributed by atoms with E-state index >= 15 is 0 Å². The Labute approximate surface area is 103 Å². The van der Waals surface area contributed by atoms with Crippen LogP contribution in [0.1, 0.15) is 26.7 Å². The van der Waals surface area contributed by atoms with E-state index in [4.69, 9.17) is 4.74 Å². The lowest BCUT2D eigenvalue weighted by atomic mass is 10.3. The maximum Gasteiger partial charge on any atom is 0.251 e. The second-order valence-electron chi connectivity index (χ2n) is 4.29. The first-order valence-electron chi connectivity index (χ1n) is 6.19. The number of carbonyl (C=O) groups excluding carboxylic acids is 2. The summed E-state index contributed by atoms with van der Waals surface area (Å²) in [5, 5.41) is 0. The van der Waals surface area contributed by atoms with Crippen LogP contribution in [0.5, 0.6) is 0 Å². The molecule has 1 saturated heterocycles. The summed E-state index contributed by atoms with van der Waals surface area (Å²) in [5.41, 5.74) is 0. The second kappa shape index (κ2) is 6.59. The van der Waals surface area contributed by atoms with Crippen molar-refractivity contribution >= 4 is 11.8 Å². The quantitative estimate of drug-likeness (QED) is 0.724. The molecule has 0 bridgehead atoms. The maximum absolute atomic E-state index is 11.9. The van der Waals surface area contributed by atoms with Gasteiger partial charge in [-0.15, -0.1) is 0 Å². The van der Waals surface area contributed by atoms with Gasteiger partial charge in [-0.2, -0.15) is 0 Å². The number of rotatable bonds is 3. The highest BCUT2D eigenvalue weighted by Crippen LogP contribution is 2.07. The minimum Gasteiger partial charge on any atom is -0.372 e. The van der Waals surface area contributed by atoms with Crippen LogP contribution in [0, 0.1) is 0 Å². The molecule has 1 unspecified atom stereocenters. The molecule has 0 aromatic carbocycles. The van der Waals surface area contributed by atoms with Crippen LogP contribution in [0.15, 0.2) is 0 Å². The minimum absolute atomic E-state index is 0.0123.